The molecule has 2 aromatic heterocycles. The minimum Gasteiger partial charge on any atom is -0.497 e. The van der Waals surface area contributed by atoms with Crippen molar-refractivity contribution in [3.05, 3.63) is 99.2 Å². The highest BCUT2D eigenvalue weighted by Gasteiger charge is 2.36. The van der Waals surface area contributed by atoms with Crippen molar-refractivity contribution < 1.29 is 9.53 Å². The first-order valence-electron chi connectivity index (χ1n) is 12.6. The van der Waals surface area contributed by atoms with Crippen LogP contribution in [-0.4, -0.2) is 22.6 Å². The number of anilines is 1. The number of nitrogens with one attached hydrogen (secondary N) is 1. The number of thiophene rings is 1. The van der Waals surface area contributed by atoms with E-state index in [1.54, 1.807) is 7.11 Å². The van der Waals surface area contributed by atoms with Gasteiger partial charge in [0.05, 0.1) is 25.4 Å². The zero-order valence-corrected chi connectivity index (χ0v) is 21.8. The SMILES string of the molecule is COc1ccc(C2c3cccn3-c3sc4c(c3CN2C(=O)Nc2ccc(C)c(C)c2)CCCC4)cc1. The van der Waals surface area contributed by atoms with E-state index in [1.807, 2.05) is 40.5 Å². The van der Waals surface area contributed by atoms with E-state index < -0.39 is 0 Å². The lowest BCUT2D eigenvalue weighted by Crippen LogP contribution is -2.38. The first-order valence-corrected chi connectivity index (χ1v) is 13.4. The topological polar surface area (TPSA) is 46.5 Å². The molecule has 0 saturated carbocycles. The van der Waals surface area contributed by atoms with Crippen LogP contribution in [0.25, 0.3) is 5.00 Å². The Balaban J connectivity index is 1.48. The summed E-state index contributed by atoms with van der Waals surface area (Å²) in [6, 6.07) is 18.1. The molecule has 0 bridgehead atoms. The van der Waals surface area contributed by atoms with Gasteiger partial charge in [-0.3, -0.25) is 0 Å². The largest absolute Gasteiger partial charge is 0.497 e. The number of fused-ring (bicyclic) bond motifs is 5. The normalized spacial score (nSPS) is 16.5. The summed E-state index contributed by atoms with van der Waals surface area (Å²) in [4.78, 5) is 17.5. The summed E-state index contributed by atoms with van der Waals surface area (Å²) in [7, 11) is 1.68. The van der Waals surface area contributed by atoms with Gasteiger partial charge in [0.25, 0.3) is 0 Å². The lowest BCUT2D eigenvalue weighted by Gasteiger charge is -2.31. The summed E-state index contributed by atoms with van der Waals surface area (Å²) >= 11 is 1.91. The monoisotopic (exact) mass is 497 g/mol. The third-order valence-electron chi connectivity index (χ3n) is 7.63. The van der Waals surface area contributed by atoms with E-state index in [9.17, 15) is 4.79 Å². The predicted molar refractivity (Wildman–Crippen MR) is 146 cm³/mol. The smallest absolute Gasteiger partial charge is 0.322 e. The van der Waals surface area contributed by atoms with Gasteiger partial charge in [0.1, 0.15) is 10.8 Å². The summed E-state index contributed by atoms with van der Waals surface area (Å²) in [6.45, 7) is 4.74. The minimum absolute atomic E-state index is 0.0876. The van der Waals surface area contributed by atoms with E-state index in [0.717, 1.165) is 35.5 Å². The number of hydrogen-bond acceptors (Lipinski definition) is 3. The molecular weight excluding hydrogens is 466 g/mol. The van der Waals surface area contributed by atoms with Crippen LogP contribution in [0.4, 0.5) is 10.5 Å². The maximum atomic E-state index is 14.0. The summed E-state index contributed by atoms with van der Waals surface area (Å²) in [5.41, 5.74) is 8.13. The fourth-order valence-corrected chi connectivity index (χ4v) is 6.94. The van der Waals surface area contributed by atoms with Crippen molar-refractivity contribution in [2.45, 2.75) is 52.1 Å². The highest BCUT2D eigenvalue weighted by Crippen LogP contribution is 2.44. The van der Waals surface area contributed by atoms with Crippen LogP contribution >= 0.6 is 11.3 Å². The van der Waals surface area contributed by atoms with Crippen LogP contribution in [0.15, 0.2) is 60.8 Å². The highest BCUT2D eigenvalue weighted by atomic mass is 32.1. The number of benzene rings is 2. The zero-order valence-electron chi connectivity index (χ0n) is 21.0. The fourth-order valence-electron chi connectivity index (χ4n) is 5.54. The second-order valence-corrected chi connectivity index (χ2v) is 10.9. The van der Waals surface area contributed by atoms with Crippen molar-refractivity contribution in [1.82, 2.24) is 9.47 Å². The van der Waals surface area contributed by atoms with Gasteiger partial charge in [0.2, 0.25) is 0 Å². The molecule has 1 atom stereocenters. The van der Waals surface area contributed by atoms with Crippen LogP contribution in [-0.2, 0) is 19.4 Å². The minimum atomic E-state index is -0.226. The van der Waals surface area contributed by atoms with E-state index in [4.69, 9.17) is 4.74 Å². The van der Waals surface area contributed by atoms with E-state index in [0.29, 0.717) is 6.54 Å². The molecule has 1 unspecified atom stereocenters. The Morgan fingerprint density at radius 2 is 1.81 bits per heavy atom. The first-order chi connectivity index (χ1) is 17.5. The maximum Gasteiger partial charge on any atom is 0.322 e. The third-order valence-corrected chi connectivity index (χ3v) is 8.96. The molecule has 1 aliphatic heterocycles. The van der Waals surface area contributed by atoms with Gasteiger partial charge in [-0.15, -0.1) is 11.3 Å². The first kappa shape index (κ1) is 22.9. The summed E-state index contributed by atoms with van der Waals surface area (Å²) in [5.74, 6) is 0.807. The quantitative estimate of drug-likeness (QED) is 0.326. The van der Waals surface area contributed by atoms with Gasteiger partial charge in [-0.2, -0.15) is 0 Å². The Morgan fingerprint density at radius 1 is 1.00 bits per heavy atom. The molecule has 2 amide bonds. The number of rotatable bonds is 3. The molecule has 184 valence electrons. The zero-order chi connectivity index (χ0) is 24.8. The number of aromatic nitrogens is 1. The molecule has 4 aromatic rings. The van der Waals surface area contributed by atoms with Crippen LogP contribution in [0, 0.1) is 13.8 Å². The summed E-state index contributed by atoms with van der Waals surface area (Å²) in [6.07, 6.45) is 6.84. The molecular formula is C30H31N3O2S. The number of nitrogens with zero attached hydrogens (tertiary/aromatic N) is 2. The van der Waals surface area contributed by atoms with Crippen LogP contribution in [0.1, 0.15) is 57.3 Å². The van der Waals surface area contributed by atoms with Crippen LogP contribution in [0.3, 0.4) is 0 Å². The average Bonchev–Trinajstić information content (AvgIpc) is 3.48. The van der Waals surface area contributed by atoms with Gasteiger partial charge in [-0.25, -0.2) is 4.79 Å². The number of aryl methyl sites for hydroxylation is 3. The van der Waals surface area contributed by atoms with Crippen LogP contribution in [0.2, 0.25) is 0 Å². The molecule has 2 aromatic carbocycles. The molecule has 1 aliphatic carbocycles. The molecule has 3 heterocycles. The van der Waals surface area contributed by atoms with E-state index >= 15 is 0 Å². The number of carbonyl (C=O) groups is 1. The molecule has 1 N–H and O–H groups in total. The summed E-state index contributed by atoms with van der Waals surface area (Å²) in [5, 5.41) is 4.48. The van der Waals surface area contributed by atoms with Gasteiger partial charge in [0, 0.05) is 22.3 Å². The van der Waals surface area contributed by atoms with E-state index in [2.05, 4.69) is 60.3 Å². The van der Waals surface area contributed by atoms with Gasteiger partial charge >= 0.3 is 6.03 Å². The molecule has 36 heavy (non-hydrogen) atoms. The van der Waals surface area contributed by atoms with Crippen molar-refractivity contribution in [2.24, 2.45) is 0 Å². The van der Waals surface area contributed by atoms with E-state index in [1.165, 1.54) is 45.0 Å². The van der Waals surface area contributed by atoms with Gasteiger partial charge < -0.3 is 19.5 Å². The molecule has 0 radical (unpaired) electrons. The molecule has 2 aliphatic rings. The molecule has 0 saturated heterocycles. The Kier molecular flexibility index (Phi) is 5.84. The second-order valence-electron chi connectivity index (χ2n) is 9.83. The van der Waals surface area contributed by atoms with E-state index in [-0.39, 0.29) is 12.1 Å². The average molecular weight is 498 g/mol. The molecule has 0 fully saturated rings. The Labute approximate surface area is 216 Å². The lowest BCUT2D eigenvalue weighted by atomic mass is 9.95. The molecule has 6 heteroatoms. The molecule has 6 rings (SSSR count). The fraction of sp³-hybridized carbons (Fsp3) is 0.300. The van der Waals surface area contributed by atoms with Gasteiger partial charge in [-0.1, -0.05) is 18.2 Å². The second kappa shape index (κ2) is 9.17. The standard InChI is InChI=1S/C30H31N3O2S/c1-19-10-13-22(17-20(19)2)31-30(34)33-18-25-24-7-4-5-9-27(24)36-29(25)32-16-6-8-26(32)28(33)21-11-14-23(35-3)15-12-21/h6,8,10-17,28H,4-5,7,9,18H2,1-3H3,(H,31,34). The van der Waals surface area contributed by atoms with Crippen molar-refractivity contribution in [2.75, 3.05) is 12.4 Å². The van der Waals surface area contributed by atoms with Gasteiger partial charge in [0.15, 0.2) is 0 Å². The maximum absolute atomic E-state index is 14.0. The Hall–Kier alpha value is -3.51. The summed E-state index contributed by atoms with van der Waals surface area (Å²) < 4.78 is 7.73. The van der Waals surface area contributed by atoms with Crippen LogP contribution in [0.5, 0.6) is 5.75 Å². The van der Waals surface area contributed by atoms with Gasteiger partial charge in [-0.05, 0) is 98.2 Å². The van der Waals surface area contributed by atoms with Crippen molar-refractivity contribution in [3.8, 4) is 10.8 Å². The predicted octanol–water partition coefficient (Wildman–Crippen LogP) is 7.18. The Bertz CT molecular complexity index is 1430. The van der Waals surface area contributed by atoms with Crippen molar-refractivity contribution >= 4 is 23.1 Å². The number of urea groups is 1. The Morgan fingerprint density at radius 3 is 2.58 bits per heavy atom. The number of methoxy groups -OCH3 is 1. The molecule has 0 spiro atoms. The van der Waals surface area contributed by atoms with Crippen LogP contribution < -0.4 is 10.1 Å². The van der Waals surface area contributed by atoms with Crippen molar-refractivity contribution in [3.63, 3.8) is 0 Å². The number of carbonyl (C=O) groups excluding carboxylic acids is 1. The number of ether oxygens (including phenoxy) is 1. The number of hydrogen-bond donors (Lipinski definition) is 1. The lowest BCUT2D eigenvalue weighted by molar-refractivity contribution is 0.194. The third kappa shape index (κ3) is 3.90. The highest BCUT2D eigenvalue weighted by molar-refractivity contribution is 7.15. The molecule has 5 nitrogen and oxygen atoms in total. The van der Waals surface area contributed by atoms with Crippen molar-refractivity contribution in [1.29, 1.82) is 0 Å². The number of amides is 2.